The van der Waals surface area contributed by atoms with Crippen LogP contribution < -0.4 is 15.4 Å². The highest BCUT2D eigenvalue weighted by molar-refractivity contribution is 6.22. The molecule has 1 unspecified atom stereocenters. The van der Waals surface area contributed by atoms with E-state index in [1.807, 2.05) is 0 Å². The van der Waals surface area contributed by atoms with Crippen LogP contribution in [0.5, 0.6) is 23.0 Å². The predicted molar refractivity (Wildman–Crippen MR) is 208 cm³/mol. The van der Waals surface area contributed by atoms with Gasteiger partial charge in [0.05, 0.1) is 47.3 Å². The number of ketones is 2. The topological polar surface area (TPSA) is 224 Å². The second-order valence-corrected chi connectivity index (χ2v) is 16.5. The molecule has 1 saturated heterocycles. The number of Topliss-reactive ketones (excluding diaryl/α,β-unsaturated/α-hetero) is 2. The lowest BCUT2D eigenvalue weighted by Crippen LogP contribution is -2.48. The van der Waals surface area contributed by atoms with Crippen molar-refractivity contribution in [3.05, 3.63) is 52.8 Å². The summed E-state index contributed by atoms with van der Waals surface area (Å²) in [6.07, 6.45) is 3.40. The second-order valence-electron chi connectivity index (χ2n) is 16.5. The van der Waals surface area contributed by atoms with Gasteiger partial charge in [0.25, 0.3) is 11.7 Å². The average molecular weight is 781 g/mol. The first-order valence-corrected chi connectivity index (χ1v) is 18.9. The molecule has 14 nitrogen and oxygen atoms in total. The van der Waals surface area contributed by atoms with Crippen LogP contribution in [-0.4, -0.2) is 91.0 Å². The number of rotatable bonds is 2. The number of allylic oxidation sites excluding steroid dienone is 2. The molecule has 56 heavy (non-hydrogen) atoms. The molecular formula is C42H56N2O12. The van der Waals surface area contributed by atoms with Crippen molar-refractivity contribution in [1.29, 1.82) is 0 Å². The minimum absolute atomic E-state index is 0.0420. The number of nitrogens with one attached hydrogen (secondary N) is 2. The Bertz CT molecular complexity index is 2000. The molecule has 0 aliphatic carbocycles. The molecule has 4 aliphatic rings. The highest BCUT2D eigenvalue weighted by Gasteiger charge is 2.50. The first-order chi connectivity index (χ1) is 26.1. The van der Waals surface area contributed by atoms with Gasteiger partial charge in [-0.2, -0.15) is 0 Å². The molecule has 6 rings (SSSR count). The monoisotopic (exact) mass is 780 g/mol. The normalized spacial score (nSPS) is 35.1. The zero-order valence-electron chi connectivity index (χ0n) is 33.6. The highest BCUT2D eigenvalue weighted by atomic mass is 16.7. The fourth-order valence-corrected chi connectivity index (χ4v) is 8.24. The van der Waals surface area contributed by atoms with Crippen molar-refractivity contribution >= 4 is 33.9 Å². The van der Waals surface area contributed by atoms with Crippen LogP contribution in [0.4, 0.5) is 5.69 Å². The van der Waals surface area contributed by atoms with Gasteiger partial charge in [0, 0.05) is 84.2 Å². The fraction of sp³-hybridized carbons (Fsp3) is 0.548. The lowest BCUT2D eigenvalue weighted by Gasteiger charge is -2.37. The molecule has 14 heteroatoms. The maximum Gasteiger partial charge on any atom is 0.312 e. The third-order valence-electron chi connectivity index (χ3n) is 11.8. The van der Waals surface area contributed by atoms with E-state index in [-0.39, 0.29) is 63.1 Å². The maximum absolute atomic E-state index is 14.4. The van der Waals surface area contributed by atoms with Gasteiger partial charge in [0.2, 0.25) is 0 Å². The number of hydrogen-bond acceptors (Lipinski definition) is 13. The van der Waals surface area contributed by atoms with E-state index in [1.165, 1.54) is 46.3 Å². The van der Waals surface area contributed by atoms with Crippen LogP contribution in [-0.2, 0) is 19.1 Å². The summed E-state index contributed by atoms with van der Waals surface area (Å²) in [6, 6.07) is -0.951. The fourth-order valence-electron chi connectivity index (χ4n) is 8.24. The van der Waals surface area contributed by atoms with E-state index in [0.717, 1.165) is 0 Å². The molecule has 4 heterocycles. The van der Waals surface area contributed by atoms with Gasteiger partial charge in [-0.1, -0.05) is 45.9 Å². The summed E-state index contributed by atoms with van der Waals surface area (Å²) in [5.41, 5.74) is -1.12. The van der Waals surface area contributed by atoms with Crippen molar-refractivity contribution < 1.29 is 59.2 Å². The summed E-state index contributed by atoms with van der Waals surface area (Å²) < 4.78 is 17.7. The predicted octanol–water partition coefficient (Wildman–Crippen LogP) is 4.96. The van der Waals surface area contributed by atoms with Crippen LogP contribution in [0.3, 0.4) is 0 Å². The number of anilines is 1. The van der Waals surface area contributed by atoms with Gasteiger partial charge in [-0.15, -0.1) is 0 Å². The molecule has 0 spiro atoms. The number of carbonyl (C=O) groups is 3. The van der Waals surface area contributed by atoms with Crippen molar-refractivity contribution in [1.82, 2.24) is 5.32 Å². The molecular weight excluding hydrogens is 724 g/mol. The number of phenolic OH excluding ortho intramolecular Hbond substituents is 3. The van der Waals surface area contributed by atoms with Gasteiger partial charge in [0.1, 0.15) is 23.0 Å². The zero-order valence-corrected chi connectivity index (χ0v) is 33.6. The number of aromatic hydroxyl groups is 3. The standard InChI is InChI=1S/C42H56N2O12/c1-18-12-11-13-19(2)40(53)43-31-27(25-16-24(45)17-41(7,8)44-25)36(50)28-29(37(31)51)35(49)23(6)38-30(28)39(52)42(9,56-38)55-15-14-26(54-10)20(3)33(47)22(5)34(48)21(4)32(18)46/h11-15,18,20-22,25-26,32-34,44,46-51H,16-17H2,1-10H3,(H,43,53)/b12-11+,15-14+,19-13-/t18-,20+,21+,22+,25?,26-,32-,33+,34-,42-/m0/s1. The Hall–Kier alpha value is -4.47. The third kappa shape index (κ3) is 7.64. The van der Waals surface area contributed by atoms with E-state index in [0.29, 0.717) is 0 Å². The number of benzene rings is 2. The van der Waals surface area contributed by atoms with Crippen LogP contribution in [0.2, 0.25) is 0 Å². The van der Waals surface area contributed by atoms with E-state index < -0.39 is 94.4 Å². The SMILES string of the molecule is CO[C@H]1/C=C/O[C@@]2(C)Oc3c(C)c(O)c4c(O)c(c(C5CC(=O)CC(C)(C)N5)c(O)c4c3C2=O)NC(=O)/C(C)=C\C=C\[C@H](C)[C@H](O)[C@@H](C)[C@H](O)[C@H](C)[C@H](O)[C@@H]1C. The van der Waals surface area contributed by atoms with Crippen LogP contribution >= 0.6 is 0 Å². The number of fused-ring (bicyclic) bond motifs is 14. The first kappa shape index (κ1) is 42.7. The van der Waals surface area contributed by atoms with E-state index in [1.54, 1.807) is 53.7 Å². The first-order valence-electron chi connectivity index (χ1n) is 18.9. The van der Waals surface area contributed by atoms with Crippen molar-refractivity contribution in [2.45, 2.75) is 117 Å². The van der Waals surface area contributed by atoms with Crippen molar-refractivity contribution in [3.63, 3.8) is 0 Å². The molecule has 10 atom stereocenters. The van der Waals surface area contributed by atoms with Crippen molar-refractivity contribution in [2.24, 2.45) is 23.7 Å². The van der Waals surface area contributed by atoms with Gasteiger partial charge in [-0.3, -0.25) is 14.4 Å². The van der Waals surface area contributed by atoms with Crippen LogP contribution in [0.1, 0.15) is 95.8 Å². The second kappa shape index (κ2) is 15.8. The summed E-state index contributed by atoms with van der Waals surface area (Å²) in [5, 5.41) is 75.0. The Morgan fingerprint density at radius 3 is 2.09 bits per heavy atom. The smallest absolute Gasteiger partial charge is 0.312 e. The molecule has 8 N–H and O–H groups in total. The van der Waals surface area contributed by atoms with E-state index in [2.05, 4.69) is 10.6 Å². The molecule has 0 radical (unpaired) electrons. The quantitative estimate of drug-likeness (QED) is 0.149. The number of methoxy groups -OCH3 is 1. The molecule has 4 aliphatic heterocycles. The summed E-state index contributed by atoms with van der Waals surface area (Å²) in [4.78, 5) is 41.2. The van der Waals surface area contributed by atoms with Gasteiger partial charge < -0.3 is 55.5 Å². The molecule has 0 aromatic heterocycles. The summed E-state index contributed by atoms with van der Waals surface area (Å²) in [7, 11) is 1.43. The molecule has 5 bridgehead atoms. The molecule has 1 amide bonds. The molecule has 1 fully saturated rings. The zero-order chi connectivity index (χ0) is 41.8. The minimum atomic E-state index is -2.05. The average Bonchev–Trinajstić information content (AvgIpc) is 3.39. The van der Waals surface area contributed by atoms with Gasteiger partial charge >= 0.3 is 5.79 Å². The number of phenols is 3. The van der Waals surface area contributed by atoms with E-state index in [9.17, 15) is 45.0 Å². The Labute approximate surface area is 326 Å². The number of aliphatic hydroxyl groups excluding tert-OH is 3. The summed E-state index contributed by atoms with van der Waals surface area (Å²) in [5.74, 6) is -8.02. The number of hydrogen-bond donors (Lipinski definition) is 8. The van der Waals surface area contributed by atoms with E-state index in [4.69, 9.17) is 14.2 Å². The maximum atomic E-state index is 14.4. The molecule has 2 aromatic carbocycles. The van der Waals surface area contributed by atoms with E-state index >= 15 is 0 Å². The van der Waals surface area contributed by atoms with Gasteiger partial charge in [-0.05, 0) is 33.8 Å². The number of aliphatic hydroxyl groups is 3. The van der Waals surface area contributed by atoms with Crippen LogP contribution in [0.15, 0.2) is 36.1 Å². The van der Waals surface area contributed by atoms with Gasteiger partial charge in [0.15, 0.2) is 5.75 Å². The molecule has 306 valence electrons. The Kier molecular flexibility index (Phi) is 12.1. The molecule has 0 saturated carbocycles. The Morgan fingerprint density at radius 2 is 1.46 bits per heavy atom. The van der Waals surface area contributed by atoms with Gasteiger partial charge in [-0.25, -0.2) is 0 Å². The number of carbonyl (C=O) groups excluding carboxylic acids is 3. The van der Waals surface area contributed by atoms with Crippen molar-refractivity contribution in [2.75, 3.05) is 12.4 Å². The summed E-state index contributed by atoms with van der Waals surface area (Å²) >= 11 is 0. The third-order valence-corrected chi connectivity index (χ3v) is 11.8. The Balaban J connectivity index is 1.74. The lowest BCUT2D eigenvalue weighted by atomic mass is 9.78. The number of piperidine rings is 1. The lowest BCUT2D eigenvalue weighted by molar-refractivity contribution is -0.122. The van der Waals surface area contributed by atoms with Crippen LogP contribution in [0, 0.1) is 30.6 Å². The largest absolute Gasteiger partial charge is 0.507 e. The number of ether oxygens (including phenoxy) is 3. The van der Waals surface area contributed by atoms with Crippen LogP contribution in [0.25, 0.3) is 10.8 Å². The minimum Gasteiger partial charge on any atom is -0.507 e. The molecule has 2 aromatic rings. The summed E-state index contributed by atoms with van der Waals surface area (Å²) in [6.45, 7) is 14.7. The highest BCUT2D eigenvalue weighted by Crippen LogP contribution is 2.57. The van der Waals surface area contributed by atoms with Crippen molar-refractivity contribution in [3.8, 4) is 23.0 Å². The number of amides is 1. The Morgan fingerprint density at radius 1 is 0.839 bits per heavy atom.